The van der Waals surface area contributed by atoms with E-state index in [1.807, 2.05) is 18.4 Å². The van der Waals surface area contributed by atoms with E-state index in [0.717, 1.165) is 23.7 Å². The molecule has 1 heterocycles. The monoisotopic (exact) mass is 300 g/mol. The van der Waals surface area contributed by atoms with Crippen LogP contribution in [0.25, 0.3) is 0 Å². The maximum atomic E-state index is 12.5. The van der Waals surface area contributed by atoms with Gasteiger partial charge in [-0.1, -0.05) is 0 Å². The molecule has 20 heavy (non-hydrogen) atoms. The second-order valence-electron chi connectivity index (χ2n) is 4.37. The minimum Gasteiger partial charge on any atom is -0.385 e. The summed E-state index contributed by atoms with van der Waals surface area (Å²) in [5.74, 6) is -3.22. The molecule has 0 saturated carbocycles. The summed E-state index contributed by atoms with van der Waals surface area (Å²) >= 11 is 1.55. The van der Waals surface area contributed by atoms with E-state index in [-0.39, 0.29) is 12.2 Å². The summed E-state index contributed by atoms with van der Waals surface area (Å²) in [5.41, 5.74) is 0.937. The predicted octanol–water partition coefficient (Wildman–Crippen LogP) is 3.78. The Balaban J connectivity index is 2.28. The van der Waals surface area contributed by atoms with Crippen molar-refractivity contribution in [3.63, 3.8) is 0 Å². The van der Waals surface area contributed by atoms with Crippen LogP contribution < -0.4 is 5.32 Å². The quantitative estimate of drug-likeness (QED) is 0.451. The minimum absolute atomic E-state index is 0.250. The summed E-state index contributed by atoms with van der Waals surface area (Å²) in [7, 11) is 0. The van der Waals surface area contributed by atoms with E-state index in [0.29, 0.717) is 19.0 Å². The molecule has 0 aliphatic heterocycles. The smallest absolute Gasteiger partial charge is 0.264 e. The predicted molar refractivity (Wildman–Crippen MR) is 78.5 cm³/mol. The van der Waals surface area contributed by atoms with Crippen molar-refractivity contribution in [2.24, 2.45) is 0 Å². The lowest BCUT2D eigenvalue weighted by Gasteiger charge is -2.06. The molecule has 0 unspecified atom stereocenters. The molecule has 0 radical (unpaired) electrons. The van der Waals surface area contributed by atoms with Crippen molar-refractivity contribution in [2.75, 3.05) is 18.1 Å². The van der Waals surface area contributed by atoms with Gasteiger partial charge in [-0.3, -0.25) is 4.79 Å². The largest absolute Gasteiger partial charge is 0.385 e. The zero-order chi connectivity index (χ0) is 15.0. The van der Waals surface area contributed by atoms with Gasteiger partial charge in [-0.15, -0.1) is 11.8 Å². The van der Waals surface area contributed by atoms with Gasteiger partial charge in [-0.25, -0.2) is 13.8 Å². The first-order valence-corrected chi connectivity index (χ1v) is 7.47. The van der Waals surface area contributed by atoms with Crippen LogP contribution in [0.15, 0.2) is 35.5 Å². The molecule has 0 aliphatic carbocycles. The van der Waals surface area contributed by atoms with E-state index >= 15 is 0 Å². The number of thioether (sulfide) groups is 1. The minimum atomic E-state index is -2.93. The van der Waals surface area contributed by atoms with E-state index < -0.39 is 5.92 Å². The van der Waals surface area contributed by atoms with Crippen LogP contribution in [-0.4, -0.2) is 29.5 Å². The third-order valence-electron chi connectivity index (χ3n) is 2.43. The van der Waals surface area contributed by atoms with Gasteiger partial charge in [0.05, 0.1) is 5.03 Å². The number of rotatable bonds is 8. The number of carbonyl (C=O) groups excluding carboxylic acids is 1. The number of aromatic nitrogens is 1. The lowest BCUT2D eigenvalue weighted by molar-refractivity contribution is -0.114. The van der Waals surface area contributed by atoms with Crippen molar-refractivity contribution >= 4 is 23.2 Å². The van der Waals surface area contributed by atoms with E-state index in [2.05, 4.69) is 10.3 Å². The molecule has 6 heteroatoms. The molecule has 1 rings (SSSR count). The van der Waals surface area contributed by atoms with Crippen LogP contribution >= 0.6 is 11.8 Å². The molecule has 0 atom stereocenters. The van der Waals surface area contributed by atoms with Gasteiger partial charge >= 0.3 is 0 Å². The number of allylic oxidation sites excluding steroid dienone is 2. The molecule has 0 amide bonds. The van der Waals surface area contributed by atoms with E-state index in [1.165, 1.54) is 0 Å². The molecular formula is C14H18F2N2OS. The summed E-state index contributed by atoms with van der Waals surface area (Å²) < 4.78 is 25.0. The Morgan fingerprint density at radius 2 is 2.30 bits per heavy atom. The van der Waals surface area contributed by atoms with E-state index in [9.17, 15) is 13.6 Å². The average molecular weight is 300 g/mol. The Hall–Kier alpha value is -1.43. The molecule has 0 aliphatic rings. The highest BCUT2D eigenvalue weighted by atomic mass is 32.2. The van der Waals surface area contributed by atoms with Gasteiger partial charge in [0.25, 0.3) is 5.92 Å². The Kier molecular flexibility index (Phi) is 6.64. The second-order valence-corrected chi connectivity index (χ2v) is 5.20. The number of nitrogens with one attached hydrogen (secondary N) is 1. The second kappa shape index (κ2) is 7.99. The van der Waals surface area contributed by atoms with Gasteiger partial charge in [0.2, 0.25) is 0 Å². The molecule has 0 saturated heterocycles. The van der Waals surface area contributed by atoms with E-state index in [1.54, 1.807) is 18.0 Å². The number of halogens is 2. The van der Waals surface area contributed by atoms with Crippen LogP contribution in [0.5, 0.6) is 0 Å². The van der Waals surface area contributed by atoms with Gasteiger partial charge in [0, 0.05) is 31.8 Å². The zero-order valence-electron chi connectivity index (χ0n) is 11.5. The molecular weight excluding hydrogens is 282 g/mol. The number of alkyl halides is 2. The highest BCUT2D eigenvalue weighted by Gasteiger charge is 2.15. The van der Waals surface area contributed by atoms with E-state index in [4.69, 9.17) is 0 Å². The third kappa shape index (κ3) is 7.23. The highest BCUT2D eigenvalue weighted by molar-refractivity contribution is 7.98. The topological polar surface area (TPSA) is 42.0 Å². The molecule has 0 bridgehead atoms. The third-order valence-corrected chi connectivity index (χ3v) is 3.08. The number of hydrogen-bond acceptors (Lipinski definition) is 4. The van der Waals surface area contributed by atoms with Crippen molar-refractivity contribution in [1.82, 2.24) is 4.98 Å². The van der Waals surface area contributed by atoms with Crippen LogP contribution in [0.4, 0.5) is 14.5 Å². The number of anilines is 1. The fraction of sp³-hybridized carbons (Fsp3) is 0.429. The van der Waals surface area contributed by atoms with Gasteiger partial charge in [-0.2, -0.15) is 0 Å². The fourth-order valence-corrected chi connectivity index (χ4v) is 1.86. The zero-order valence-corrected chi connectivity index (χ0v) is 12.3. The standard InChI is InChI=1S/C14H18F2N2OS/c1-14(15,16)7-5-12(19)4-3-8-17-11-6-9-18-13(10-11)20-2/h5-7,9-10H,3-4,8H2,1-2H3,(H,17,18)/b7-5+. The molecule has 0 aromatic carbocycles. The van der Waals surface area contributed by atoms with Crippen LogP contribution in [0.3, 0.4) is 0 Å². The Morgan fingerprint density at radius 1 is 1.55 bits per heavy atom. The molecule has 0 spiro atoms. The lowest BCUT2D eigenvalue weighted by atomic mass is 10.2. The number of pyridine rings is 1. The van der Waals surface area contributed by atoms with Crippen molar-refractivity contribution in [1.29, 1.82) is 0 Å². The first kappa shape index (κ1) is 16.6. The maximum absolute atomic E-state index is 12.5. The first-order chi connectivity index (χ1) is 9.40. The van der Waals surface area contributed by atoms with Crippen LogP contribution in [-0.2, 0) is 4.79 Å². The summed E-state index contributed by atoms with van der Waals surface area (Å²) in [6, 6.07) is 3.77. The molecule has 110 valence electrons. The summed E-state index contributed by atoms with van der Waals surface area (Å²) in [5, 5.41) is 4.09. The van der Waals surface area contributed by atoms with Crippen LogP contribution in [0.1, 0.15) is 19.8 Å². The molecule has 0 fully saturated rings. The van der Waals surface area contributed by atoms with Gasteiger partial charge in [-0.05, 0) is 37.0 Å². The van der Waals surface area contributed by atoms with Gasteiger partial charge in [0.1, 0.15) is 0 Å². The summed E-state index contributed by atoms with van der Waals surface area (Å²) in [4.78, 5) is 15.5. The van der Waals surface area contributed by atoms with Crippen LogP contribution in [0.2, 0.25) is 0 Å². The number of nitrogens with zero attached hydrogens (tertiary/aromatic N) is 1. The highest BCUT2D eigenvalue weighted by Crippen LogP contribution is 2.16. The van der Waals surface area contributed by atoms with Gasteiger partial charge in [0.15, 0.2) is 5.78 Å². The number of ketones is 1. The number of carbonyl (C=O) groups is 1. The van der Waals surface area contributed by atoms with Crippen molar-refractivity contribution < 1.29 is 13.6 Å². The van der Waals surface area contributed by atoms with Crippen molar-refractivity contribution in [2.45, 2.75) is 30.7 Å². The average Bonchev–Trinajstić information content (AvgIpc) is 2.41. The van der Waals surface area contributed by atoms with Crippen LogP contribution in [0, 0.1) is 0 Å². The lowest BCUT2D eigenvalue weighted by Crippen LogP contribution is -2.07. The first-order valence-electron chi connectivity index (χ1n) is 6.24. The van der Waals surface area contributed by atoms with Gasteiger partial charge < -0.3 is 5.32 Å². The maximum Gasteiger partial charge on any atom is 0.264 e. The molecule has 1 aromatic heterocycles. The van der Waals surface area contributed by atoms with Crippen molar-refractivity contribution in [3.05, 3.63) is 30.5 Å². The SMILES string of the molecule is CSc1cc(NCCCC(=O)/C=C/C(C)(F)F)ccn1. The summed E-state index contributed by atoms with van der Waals surface area (Å²) in [6.45, 7) is 1.37. The summed E-state index contributed by atoms with van der Waals surface area (Å²) in [6.07, 6.45) is 6.09. The Bertz CT molecular complexity index is 472. The normalized spacial score (nSPS) is 11.8. The Labute approximate surface area is 121 Å². The van der Waals surface area contributed by atoms with Crippen molar-refractivity contribution in [3.8, 4) is 0 Å². The molecule has 1 N–H and O–H groups in total. The Morgan fingerprint density at radius 3 is 2.95 bits per heavy atom. The molecule has 3 nitrogen and oxygen atoms in total. The number of hydrogen-bond donors (Lipinski definition) is 1. The fourth-order valence-electron chi connectivity index (χ4n) is 1.45. The molecule has 1 aromatic rings.